The van der Waals surface area contributed by atoms with E-state index in [0.29, 0.717) is 53.3 Å². The van der Waals surface area contributed by atoms with Crippen molar-refractivity contribution in [2.45, 2.75) is 6.42 Å². The van der Waals surface area contributed by atoms with E-state index in [4.69, 9.17) is 27.9 Å². The van der Waals surface area contributed by atoms with Gasteiger partial charge in [0.05, 0.1) is 10.6 Å². The molecule has 8 heteroatoms. The van der Waals surface area contributed by atoms with Gasteiger partial charge in [-0.2, -0.15) is 0 Å². The van der Waals surface area contributed by atoms with E-state index < -0.39 is 0 Å². The van der Waals surface area contributed by atoms with Gasteiger partial charge in [0, 0.05) is 38.3 Å². The van der Waals surface area contributed by atoms with Gasteiger partial charge in [0.2, 0.25) is 11.8 Å². The smallest absolute Gasteiger partial charge is 0.255 e. The number of carbonyl (C=O) groups excluding carboxylic acids is 2. The van der Waals surface area contributed by atoms with Gasteiger partial charge in [0.1, 0.15) is 10.8 Å². The van der Waals surface area contributed by atoms with Crippen LogP contribution in [0.4, 0.5) is 0 Å². The van der Waals surface area contributed by atoms with Crippen LogP contribution in [0.2, 0.25) is 10.0 Å². The maximum absolute atomic E-state index is 12.5. The van der Waals surface area contributed by atoms with Crippen LogP contribution in [-0.2, 0) is 4.79 Å². The fourth-order valence-electron chi connectivity index (χ4n) is 2.40. The summed E-state index contributed by atoms with van der Waals surface area (Å²) in [7, 11) is 0. The lowest BCUT2D eigenvalue weighted by Gasteiger charge is -2.19. The van der Waals surface area contributed by atoms with Gasteiger partial charge >= 0.3 is 0 Å². The first-order chi connectivity index (χ1) is 12.0. The van der Waals surface area contributed by atoms with E-state index in [9.17, 15) is 9.59 Å². The summed E-state index contributed by atoms with van der Waals surface area (Å²) in [5, 5.41) is 3.42. The minimum absolute atomic E-state index is 0.0458. The zero-order valence-corrected chi connectivity index (χ0v) is 14.7. The normalized spacial score (nSPS) is 14.6. The van der Waals surface area contributed by atoms with Crippen LogP contribution in [0, 0.1) is 0 Å². The van der Waals surface area contributed by atoms with Crippen molar-refractivity contribution in [3.63, 3.8) is 0 Å². The van der Waals surface area contributed by atoms with Gasteiger partial charge in [-0.1, -0.05) is 29.3 Å². The zero-order chi connectivity index (χ0) is 17.8. The third kappa shape index (κ3) is 4.21. The lowest BCUT2D eigenvalue weighted by molar-refractivity contribution is -0.120. The van der Waals surface area contributed by atoms with Crippen LogP contribution in [0.3, 0.4) is 0 Å². The fraction of sp³-hybridized carbons (Fsp3) is 0.235. The van der Waals surface area contributed by atoms with Gasteiger partial charge in [-0.05, 0) is 18.2 Å². The molecule has 3 rings (SSSR count). The first-order valence-corrected chi connectivity index (χ1v) is 8.44. The lowest BCUT2D eigenvalue weighted by atomic mass is 10.2. The number of hydrogen-bond acceptors (Lipinski definition) is 4. The summed E-state index contributed by atoms with van der Waals surface area (Å²) in [6.45, 7) is 1.31. The third-order valence-electron chi connectivity index (χ3n) is 3.71. The average molecular weight is 380 g/mol. The van der Waals surface area contributed by atoms with Crippen molar-refractivity contribution in [1.29, 1.82) is 0 Å². The second-order valence-electron chi connectivity index (χ2n) is 5.43. The Labute approximate surface area is 154 Å². The topological polar surface area (TPSA) is 71.5 Å². The fourth-order valence-corrected chi connectivity index (χ4v) is 2.73. The van der Waals surface area contributed by atoms with Crippen LogP contribution >= 0.6 is 23.2 Å². The second-order valence-corrected chi connectivity index (χ2v) is 6.22. The molecule has 1 aromatic heterocycles. The molecule has 1 aliphatic heterocycles. The molecule has 0 bridgehead atoms. The molecule has 0 unspecified atom stereocenters. The van der Waals surface area contributed by atoms with E-state index >= 15 is 0 Å². The minimum atomic E-state index is -0.170. The van der Waals surface area contributed by atoms with Crippen molar-refractivity contribution in [2.24, 2.45) is 0 Å². The third-order valence-corrected chi connectivity index (χ3v) is 4.52. The summed E-state index contributed by atoms with van der Waals surface area (Å²) < 4.78 is 5.60. The highest BCUT2D eigenvalue weighted by Crippen LogP contribution is 2.33. The zero-order valence-electron chi connectivity index (χ0n) is 13.2. The van der Waals surface area contributed by atoms with Crippen LogP contribution < -0.4 is 10.1 Å². The van der Waals surface area contributed by atoms with E-state index in [-0.39, 0.29) is 11.8 Å². The van der Waals surface area contributed by atoms with Crippen molar-refractivity contribution in [2.75, 3.05) is 19.6 Å². The molecule has 1 aromatic carbocycles. The van der Waals surface area contributed by atoms with Crippen molar-refractivity contribution < 1.29 is 14.3 Å². The summed E-state index contributed by atoms with van der Waals surface area (Å²) >= 11 is 12.0. The largest absolute Gasteiger partial charge is 0.437 e. The summed E-state index contributed by atoms with van der Waals surface area (Å²) in [5.41, 5.74) is 0.430. The van der Waals surface area contributed by atoms with Gasteiger partial charge < -0.3 is 15.0 Å². The Morgan fingerprint density at radius 3 is 2.80 bits per heavy atom. The van der Waals surface area contributed by atoms with E-state index in [1.807, 2.05) is 0 Å². The van der Waals surface area contributed by atoms with Crippen LogP contribution in [-0.4, -0.2) is 41.3 Å². The monoisotopic (exact) mass is 379 g/mol. The van der Waals surface area contributed by atoms with E-state index in [2.05, 4.69) is 10.3 Å². The standard InChI is InChI=1S/C17H15Cl2N3O3/c18-12-2-1-3-13(16(12)19)25-15-5-4-11(10-21-15)17(24)22-8-6-14(23)20-7-9-22/h1-5,10H,6-9H2,(H,20,23). The van der Waals surface area contributed by atoms with Crippen LogP contribution in [0.5, 0.6) is 11.6 Å². The molecule has 130 valence electrons. The highest BCUT2D eigenvalue weighted by molar-refractivity contribution is 6.42. The number of ether oxygens (including phenoxy) is 1. The predicted octanol–water partition coefficient (Wildman–Crippen LogP) is 3.14. The second kappa shape index (κ2) is 7.72. The molecule has 1 saturated heterocycles. The van der Waals surface area contributed by atoms with E-state index in [1.54, 1.807) is 35.2 Å². The Balaban J connectivity index is 1.70. The minimum Gasteiger partial charge on any atom is -0.437 e. The van der Waals surface area contributed by atoms with Gasteiger partial charge in [0.25, 0.3) is 5.91 Å². The van der Waals surface area contributed by atoms with Crippen LogP contribution in [0.25, 0.3) is 0 Å². The number of hydrogen-bond donors (Lipinski definition) is 1. The van der Waals surface area contributed by atoms with Gasteiger partial charge in [0.15, 0.2) is 0 Å². The number of amides is 2. The highest BCUT2D eigenvalue weighted by atomic mass is 35.5. The summed E-state index contributed by atoms with van der Waals surface area (Å²) in [5.74, 6) is 0.471. The van der Waals surface area contributed by atoms with Gasteiger partial charge in [-0.25, -0.2) is 4.98 Å². The first kappa shape index (κ1) is 17.5. The maximum Gasteiger partial charge on any atom is 0.255 e. The SMILES string of the molecule is O=C1CCN(C(=O)c2ccc(Oc3cccc(Cl)c3Cl)nc2)CCN1. The van der Waals surface area contributed by atoms with Crippen molar-refractivity contribution in [3.05, 3.63) is 52.1 Å². The number of rotatable bonds is 3. The maximum atomic E-state index is 12.5. The van der Waals surface area contributed by atoms with E-state index in [1.165, 1.54) is 6.20 Å². The average Bonchev–Trinajstić information content (AvgIpc) is 2.84. The molecule has 0 saturated carbocycles. The Morgan fingerprint density at radius 2 is 2.04 bits per heavy atom. The predicted molar refractivity (Wildman–Crippen MR) is 94.3 cm³/mol. The number of pyridine rings is 1. The van der Waals surface area contributed by atoms with Crippen molar-refractivity contribution in [1.82, 2.24) is 15.2 Å². The van der Waals surface area contributed by atoms with Crippen LogP contribution in [0.1, 0.15) is 16.8 Å². The molecule has 0 radical (unpaired) electrons. The molecule has 1 aliphatic rings. The molecule has 6 nitrogen and oxygen atoms in total. The number of benzene rings is 1. The molecular formula is C17H15Cl2N3O3. The molecular weight excluding hydrogens is 365 g/mol. The molecule has 1 N–H and O–H groups in total. The molecule has 2 amide bonds. The van der Waals surface area contributed by atoms with Crippen molar-refractivity contribution >= 4 is 35.0 Å². The van der Waals surface area contributed by atoms with E-state index in [0.717, 1.165) is 0 Å². The first-order valence-electron chi connectivity index (χ1n) is 7.68. The quantitative estimate of drug-likeness (QED) is 0.888. The Hall–Kier alpha value is -2.31. The molecule has 1 fully saturated rings. The molecule has 25 heavy (non-hydrogen) atoms. The number of nitrogens with zero attached hydrogens (tertiary/aromatic N) is 2. The molecule has 0 atom stereocenters. The Morgan fingerprint density at radius 1 is 1.20 bits per heavy atom. The lowest BCUT2D eigenvalue weighted by Crippen LogP contribution is -2.34. The summed E-state index contributed by atoms with van der Waals surface area (Å²) in [6.07, 6.45) is 1.74. The molecule has 0 aliphatic carbocycles. The Kier molecular flexibility index (Phi) is 5.40. The molecule has 0 spiro atoms. The number of nitrogens with one attached hydrogen (secondary N) is 1. The van der Waals surface area contributed by atoms with Crippen LogP contribution in [0.15, 0.2) is 36.5 Å². The number of carbonyl (C=O) groups is 2. The molecule has 2 heterocycles. The van der Waals surface area contributed by atoms with Gasteiger partial charge in [-0.15, -0.1) is 0 Å². The van der Waals surface area contributed by atoms with Crippen molar-refractivity contribution in [3.8, 4) is 11.6 Å². The Bertz CT molecular complexity index is 796. The summed E-state index contributed by atoms with van der Waals surface area (Å²) in [6, 6.07) is 8.27. The molecule has 2 aromatic rings. The number of halogens is 2. The van der Waals surface area contributed by atoms with Gasteiger partial charge in [-0.3, -0.25) is 9.59 Å². The highest BCUT2D eigenvalue weighted by Gasteiger charge is 2.20. The number of aromatic nitrogens is 1. The summed E-state index contributed by atoms with van der Waals surface area (Å²) in [4.78, 5) is 29.6.